The highest BCUT2D eigenvalue weighted by molar-refractivity contribution is 6.06. The summed E-state index contributed by atoms with van der Waals surface area (Å²) in [6.07, 6.45) is 3.10. The van der Waals surface area contributed by atoms with Gasteiger partial charge < -0.3 is 4.74 Å². The highest BCUT2D eigenvalue weighted by Crippen LogP contribution is 2.19. The fourth-order valence-electron chi connectivity index (χ4n) is 1.81. The molecular weight excluding hydrogens is 255 g/mol. The standard InChI is InChI=1S/C17H15FO2/c1-2-20-17-9-4-3-6-13(17)10-11-16(19)14-7-5-8-15(18)12-14/h3-12H,2H2,1H3/b11-10+. The van der Waals surface area contributed by atoms with E-state index in [-0.39, 0.29) is 5.78 Å². The van der Waals surface area contributed by atoms with Crippen molar-refractivity contribution in [3.8, 4) is 5.75 Å². The molecule has 0 saturated carbocycles. The molecule has 2 aromatic carbocycles. The molecular formula is C17H15FO2. The van der Waals surface area contributed by atoms with Gasteiger partial charge in [0.25, 0.3) is 0 Å². The molecule has 20 heavy (non-hydrogen) atoms. The molecule has 0 aliphatic rings. The number of ketones is 1. The Hall–Kier alpha value is -2.42. The summed E-state index contributed by atoms with van der Waals surface area (Å²) < 4.78 is 18.5. The van der Waals surface area contributed by atoms with E-state index in [1.807, 2.05) is 31.2 Å². The van der Waals surface area contributed by atoms with Crippen LogP contribution in [0.3, 0.4) is 0 Å². The average Bonchev–Trinajstić information content (AvgIpc) is 2.46. The van der Waals surface area contributed by atoms with Crippen LogP contribution in [0.4, 0.5) is 4.39 Å². The first-order chi connectivity index (χ1) is 9.70. The van der Waals surface area contributed by atoms with Crippen LogP contribution in [0, 0.1) is 5.82 Å². The normalized spacial score (nSPS) is 10.7. The maximum absolute atomic E-state index is 13.1. The highest BCUT2D eigenvalue weighted by atomic mass is 19.1. The molecule has 0 aromatic heterocycles. The van der Waals surface area contributed by atoms with Gasteiger partial charge in [-0.15, -0.1) is 0 Å². The van der Waals surface area contributed by atoms with E-state index in [1.54, 1.807) is 12.1 Å². The van der Waals surface area contributed by atoms with Gasteiger partial charge in [0.15, 0.2) is 5.78 Å². The summed E-state index contributed by atoms with van der Waals surface area (Å²) in [5.41, 5.74) is 1.15. The highest BCUT2D eigenvalue weighted by Gasteiger charge is 2.04. The predicted octanol–water partition coefficient (Wildman–Crippen LogP) is 4.12. The fourth-order valence-corrected chi connectivity index (χ4v) is 1.81. The van der Waals surface area contributed by atoms with Crippen LogP contribution in [0.15, 0.2) is 54.6 Å². The van der Waals surface area contributed by atoms with Crippen LogP contribution >= 0.6 is 0 Å². The van der Waals surface area contributed by atoms with Crippen LogP contribution < -0.4 is 4.74 Å². The lowest BCUT2D eigenvalue weighted by Crippen LogP contribution is -1.96. The van der Waals surface area contributed by atoms with Gasteiger partial charge in [0.1, 0.15) is 11.6 Å². The summed E-state index contributed by atoms with van der Waals surface area (Å²) in [6, 6.07) is 13.1. The molecule has 2 rings (SSSR count). The van der Waals surface area contributed by atoms with Crippen molar-refractivity contribution in [3.63, 3.8) is 0 Å². The number of ether oxygens (including phenoxy) is 1. The first kappa shape index (κ1) is 14.0. The van der Waals surface area contributed by atoms with E-state index in [9.17, 15) is 9.18 Å². The van der Waals surface area contributed by atoms with Gasteiger partial charge in [0.2, 0.25) is 0 Å². The van der Waals surface area contributed by atoms with E-state index in [1.165, 1.54) is 24.3 Å². The molecule has 0 amide bonds. The van der Waals surface area contributed by atoms with Crippen molar-refractivity contribution in [3.05, 3.63) is 71.6 Å². The molecule has 102 valence electrons. The minimum absolute atomic E-state index is 0.240. The van der Waals surface area contributed by atoms with Crippen molar-refractivity contribution in [2.75, 3.05) is 6.61 Å². The molecule has 0 unspecified atom stereocenters. The lowest BCUT2D eigenvalue weighted by atomic mass is 10.1. The van der Waals surface area contributed by atoms with Gasteiger partial charge in [-0.3, -0.25) is 4.79 Å². The number of rotatable bonds is 5. The van der Waals surface area contributed by atoms with Crippen LogP contribution in [-0.2, 0) is 0 Å². The number of allylic oxidation sites excluding steroid dienone is 1. The maximum atomic E-state index is 13.1. The summed E-state index contributed by atoms with van der Waals surface area (Å²) in [4.78, 5) is 11.9. The number of halogens is 1. The molecule has 2 nitrogen and oxygen atoms in total. The number of carbonyl (C=O) groups excluding carboxylic acids is 1. The van der Waals surface area contributed by atoms with E-state index in [2.05, 4.69) is 0 Å². The average molecular weight is 270 g/mol. The lowest BCUT2D eigenvalue weighted by molar-refractivity contribution is 0.104. The third-order valence-corrected chi connectivity index (χ3v) is 2.74. The zero-order valence-electron chi connectivity index (χ0n) is 11.2. The maximum Gasteiger partial charge on any atom is 0.185 e. The Morgan fingerprint density at radius 3 is 2.75 bits per heavy atom. The van der Waals surface area contributed by atoms with Crippen molar-refractivity contribution in [2.24, 2.45) is 0 Å². The summed E-state index contributed by atoms with van der Waals surface area (Å²) in [5, 5.41) is 0. The molecule has 0 bridgehead atoms. The van der Waals surface area contributed by atoms with Gasteiger partial charge >= 0.3 is 0 Å². The van der Waals surface area contributed by atoms with Gasteiger partial charge in [-0.05, 0) is 37.3 Å². The summed E-state index contributed by atoms with van der Waals surface area (Å²) >= 11 is 0. The first-order valence-electron chi connectivity index (χ1n) is 6.40. The zero-order chi connectivity index (χ0) is 14.4. The van der Waals surface area contributed by atoms with E-state index < -0.39 is 5.82 Å². The van der Waals surface area contributed by atoms with Gasteiger partial charge in [0.05, 0.1) is 6.61 Å². The molecule has 0 N–H and O–H groups in total. The van der Waals surface area contributed by atoms with Gasteiger partial charge in [-0.2, -0.15) is 0 Å². The lowest BCUT2D eigenvalue weighted by Gasteiger charge is -2.06. The minimum Gasteiger partial charge on any atom is -0.493 e. The van der Waals surface area contributed by atoms with Crippen LogP contribution in [0.2, 0.25) is 0 Å². The van der Waals surface area contributed by atoms with Crippen LogP contribution in [0.25, 0.3) is 6.08 Å². The second-order valence-electron chi connectivity index (χ2n) is 4.18. The second kappa shape index (κ2) is 6.66. The largest absolute Gasteiger partial charge is 0.493 e. The number of para-hydroxylation sites is 1. The molecule has 0 saturated heterocycles. The van der Waals surface area contributed by atoms with Gasteiger partial charge in [0, 0.05) is 11.1 Å². The monoisotopic (exact) mass is 270 g/mol. The summed E-state index contributed by atoms with van der Waals surface area (Å²) in [6.45, 7) is 2.46. The number of benzene rings is 2. The molecule has 0 radical (unpaired) electrons. The molecule has 0 atom stereocenters. The Balaban J connectivity index is 2.19. The Bertz CT molecular complexity index is 632. The quantitative estimate of drug-likeness (QED) is 0.603. The molecule has 0 spiro atoms. The van der Waals surface area contributed by atoms with Crippen LogP contribution in [0.5, 0.6) is 5.75 Å². The molecule has 0 aliphatic carbocycles. The Morgan fingerprint density at radius 1 is 1.20 bits per heavy atom. The summed E-state index contributed by atoms with van der Waals surface area (Å²) in [5.74, 6) is 0.0630. The van der Waals surface area contributed by atoms with E-state index in [4.69, 9.17) is 4.74 Å². The number of hydrogen-bond donors (Lipinski definition) is 0. The Morgan fingerprint density at radius 2 is 2.00 bits per heavy atom. The number of hydrogen-bond acceptors (Lipinski definition) is 2. The number of carbonyl (C=O) groups is 1. The third-order valence-electron chi connectivity index (χ3n) is 2.74. The van der Waals surface area contributed by atoms with Crippen molar-refractivity contribution in [2.45, 2.75) is 6.92 Å². The molecule has 0 fully saturated rings. The first-order valence-corrected chi connectivity index (χ1v) is 6.40. The third kappa shape index (κ3) is 3.54. The van der Waals surface area contributed by atoms with E-state index in [0.29, 0.717) is 12.2 Å². The van der Waals surface area contributed by atoms with Crippen molar-refractivity contribution in [1.82, 2.24) is 0 Å². The van der Waals surface area contributed by atoms with Crippen LogP contribution in [0.1, 0.15) is 22.8 Å². The molecule has 3 heteroatoms. The van der Waals surface area contributed by atoms with Crippen LogP contribution in [-0.4, -0.2) is 12.4 Å². The SMILES string of the molecule is CCOc1ccccc1/C=C/C(=O)c1cccc(F)c1. The van der Waals surface area contributed by atoms with Crippen molar-refractivity contribution in [1.29, 1.82) is 0 Å². The van der Waals surface area contributed by atoms with Gasteiger partial charge in [-0.25, -0.2) is 4.39 Å². The van der Waals surface area contributed by atoms with E-state index >= 15 is 0 Å². The summed E-state index contributed by atoms with van der Waals surface area (Å²) in [7, 11) is 0. The van der Waals surface area contributed by atoms with Crippen molar-refractivity contribution < 1.29 is 13.9 Å². The van der Waals surface area contributed by atoms with Crippen molar-refractivity contribution >= 4 is 11.9 Å². The topological polar surface area (TPSA) is 26.3 Å². The van der Waals surface area contributed by atoms with Gasteiger partial charge in [-0.1, -0.05) is 30.3 Å². The molecule has 2 aromatic rings. The van der Waals surface area contributed by atoms with E-state index in [0.717, 1.165) is 11.3 Å². The zero-order valence-corrected chi connectivity index (χ0v) is 11.2. The Labute approximate surface area is 117 Å². The molecule has 0 aliphatic heterocycles. The Kier molecular flexibility index (Phi) is 4.66. The minimum atomic E-state index is -0.418. The predicted molar refractivity (Wildman–Crippen MR) is 77.4 cm³/mol. The fraction of sp³-hybridized carbons (Fsp3) is 0.118. The second-order valence-corrected chi connectivity index (χ2v) is 4.18. The molecule has 0 heterocycles. The smallest absolute Gasteiger partial charge is 0.185 e.